The standard InChI is InChI=1S/C12H13F3N2O2S/c1-2-19-10(18)6-17-7-3-4-8(11(16)20)9(5-7)12(13,14)15/h3-5,17H,2,6H2,1H3,(H2,16,20). The van der Waals surface area contributed by atoms with E-state index in [4.69, 9.17) is 5.73 Å². The molecule has 0 spiro atoms. The van der Waals surface area contributed by atoms with Crippen LogP contribution >= 0.6 is 12.2 Å². The number of hydrogen-bond acceptors (Lipinski definition) is 4. The van der Waals surface area contributed by atoms with E-state index in [1.165, 1.54) is 12.1 Å². The van der Waals surface area contributed by atoms with Gasteiger partial charge in [-0.15, -0.1) is 0 Å². The molecule has 0 unspecified atom stereocenters. The predicted octanol–water partition coefficient (Wildman–Crippen LogP) is 2.31. The predicted molar refractivity (Wildman–Crippen MR) is 72.5 cm³/mol. The van der Waals surface area contributed by atoms with Gasteiger partial charge in [0, 0.05) is 11.3 Å². The van der Waals surface area contributed by atoms with Gasteiger partial charge in [0.15, 0.2) is 0 Å². The van der Waals surface area contributed by atoms with Crippen molar-refractivity contribution in [3.63, 3.8) is 0 Å². The highest BCUT2D eigenvalue weighted by molar-refractivity contribution is 7.80. The summed E-state index contributed by atoms with van der Waals surface area (Å²) in [6.07, 6.45) is -4.58. The average Bonchev–Trinajstić information content (AvgIpc) is 2.35. The fourth-order valence-corrected chi connectivity index (χ4v) is 1.67. The normalized spacial score (nSPS) is 11.0. The minimum Gasteiger partial charge on any atom is -0.465 e. The maximum atomic E-state index is 12.9. The van der Waals surface area contributed by atoms with Crippen LogP contribution in [0.25, 0.3) is 0 Å². The van der Waals surface area contributed by atoms with E-state index in [1.54, 1.807) is 6.92 Å². The first-order valence-corrected chi connectivity index (χ1v) is 6.07. The molecule has 0 saturated heterocycles. The van der Waals surface area contributed by atoms with Crippen LogP contribution in [0.4, 0.5) is 18.9 Å². The molecule has 0 saturated carbocycles. The Labute approximate surface area is 119 Å². The second-order valence-electron chi connectivity index (χ2n) is 3.78. The molecule has 0 aromatic heterocycles. The first-order valence-electron chi connectivity index (χ1n) is 5.66. The van der Waals surface area contributed by atoms with Crippen LogP contribution in [0.2, 0.25) is 0 Å². The maximum absolute atomic E-state index is 12.9. The Morgan fingerprint density at radius 1 is 1.45 bits per heavy atom. The van der Waals surface area contributed by atoms with Crippen LogP contribution in [-0.4, -0.2) is 24.1 Å². The molecule has 8 heteroatoms. The van der Waals surface area contributed by atoms with Crippen LogP contribution in [0.3, 0.4) is 0 Å². The molecule has 0 fully saturated rings. The van der Waals surface area contributed by atoms with Gasteiger partial charge < -0.3 is 15.8 Å². The molecule has 0 amide bonds. The van der Waals surface area contributed by atoms with Gasteiger partial charge in [0.2, 0.25) is 0 Å². The molecule has 0 atom stereocenters. The molecule has 0 bridgehead atoms. The third-order valence-corrected chi connectivity index (χ3v) is 2.55. The second kappa shape index (κ2) is 6.56. The van der Waals surface area contributed by atoms with Crippen molar-refractivity contribution in [2.24, 2.45) is 5.73 Å². The van der Waals surface area contributed by atoms with Crippen molar-refractivity contribution in [2.75, 3.05) is 18.5 Å². The van der Waals surface area contributed by atoms with Crippen molar-refractivity contribution in [3.05, 3.63) is 29.3 Å². The molecule has 0 aliphatic heterocycles. The zero-order chi connectivity index (χ0) is 15.3. The number of halogens is 3. The molecule has 1 aromatic carbocycles. The highest BCUT2D eigenvalue weighted by Crippen LogP contribution is 2.33. The molecule has 20 heavy (non-hydrogen) atoms. The van der Waals surface area contributed by atoms with Crippen LogP contribution < -0.4 is 11.1 Å². The molecule has 0 heterocycles. The Kier molecular flexibility index (Phi) is 5.32. The third-order valence-electron chi connectivity index (χ3n) is 2.33. The van der Waals surface area contributed by atoms with Gasteiger partial charge in [0.1, 0.15) is 11.5 Å². The lowest BCUT2D eigenvalue weighted by Crippen LogP contribution is -2.20. The Hall–Kier alpha value is -1.83. The van der Waals surface area contributed by atoms with Crippen molar-refractivity contribution in [2.45, 2.75) is 13.1 Å². The summed E-state index contributed by atoms with van der Waals surface area (Å²) >= 11 is 4.59. The molecule has 0 aliphatic carbocycles. The number of carbonyl (C=O) groups excluding carboxylic acids is 1. The van der Waals surface area contributed by atoms with Crippen LogP contribution in [0.5, 0.6) is 0 Å². The first kappa shape index (κ1) is 16.2. The SMILES string of the molecule is CCOC(=O)CNc1ccc(C(N)=S)c(C(F)(F)F)c1. The van der Waals surface area contributed by atoms with Gasteiger partial charge >= 0.3 is 12.1 Å². The maximum Gasteiger partial charge on any atom is 0.417 e. The number of rotatable bonds is 5. The number of esters is 1. The highest BCUT2D eigenvalue weighted by atomic mass is 32.1. The Morgan fingerprint density at radius 3 is 2.60 bits per heavy atom. The molecule has 1 rings (SSSR count). The number of anilines is 1. The number of nitrogens with two attached hydrogens (primary N) is 1. The largest absolute Gasteiger partial charge is 0.465 e. The summed E-state index contributed by atoms with van der Waals surface area (Å²) in [6.45, 7) is 1.61. The van der Waals surface area contributed by atoms with Crippen LogP contribution in [0.15, 0.2) is 18.2 Å². The molecular formula is C12H13F3N2O2S. The molecule has 0 radical (unpaired) electrons. The van der Waals surface area contributed by atoms with E-state index in [9.17, 15) is 18.0 Å². The molecule has 4 nitrogen and oxygen atoms in total. The van der Waals surface area contributed by atoms with Gasteiger partial charge in [-0.25, -0.2) is 0 Å². The Morgan fingerprint density at radius 2 is 2.10 bits per heavy atom. The minimum absolute atomic E-state index is 0.130. The number of carbonyl (C=O) groups is 1. The van der Waals surface area contributed by atoms with E-state index in [-0.39, 0.29) is 29.4 Å². The zero-order valence-corrected chi connectivity index (χ0v) is 11.4. The smallest absolute Gasteiger partial charge is 0.417 e. The molecular weight excluding hydrogens is 293 g/mol. The second-order valence-corrected chi connectivity index (χ2v) is 4.22. The van der Waals surface area contributed by atoms with Gasteiger partial charge in [0.05, 0.1) is 12.2 Å². The highest BCUT2D eigenvalue weighted by Gasteiger charge is 2.34. The van der Waals surface area contributed by atoms with E-state index < -0.39 is 17.7 Å². The van der Waals surface area contributed by atoms with E-state index in [1.807, 2.05) is 0 Å². The van der Waals surface area contributed by atoms with Gasteiger partial charge in [-0.2, -0.15) is 13.2 Å². The number of hydrogen-bond donors (Lipinski definition) is 2. The summed E-state index contributed by atoms with van der Waals surface area (Å²) in [5.74, 6) is -0.556. The number of benzene rings is 1. The molecule has 110 valence electrons. The summed E-state index contributed by atoms with van der Waals surface area (Å²) in [4.78, 5) is 10.8. The lowest BCUT2D eigenvalue weighted by atomic mass is 10.1. The fraction of sp³-hybridized carbons (Fsp3) is 0.333. The summed E-state index contributed by atoms with van der Waals surface area (Å²) in [5, 5.41) is 2.55. The van der Waals surface area contributed by atoms with Crippen molar-refractivity contribution in [1.29, 1.82) is 0 Å². The number of nitrogens with one attached hydrogen (secondary N) is 1. The van der Waals surface area contributed by atoms with Crippen molar-refractivity contribution < 1.29 is 22.7 Å². The molecule has 3 N–H and O–H groups in total. The van der Waals surface area contributed by atoms with Crippen LogP contribution in [0.1, 0.15) is 18.1 Å². The molecule has 0 aliphatic rings. The summed E-state index contributed by atoms with van der Waals surface area (Å²) in [5.41, 5.74) is 4.19. The van der Waals surface area contributed by atoms with E-state index in [2.05, 4.69) is 22.3 Å². The minimum atomic E-state index is -4.58. The van der Waals surface area contributed by atoms with Crippen molar-refractivity contribution in [1.82, 2.24) is 0 Å². The van der Waals surface area contributed by atoms with E-state index in [0.717, 1.165) is 6.07 Å². The van der Waals surface area contributed by atoms with Gasteiger partial charge in [-0.05, 0) is 25.1 Å². The summed E-state index contributed by atoms with van der Waals surface area (Å²) in [7, 11) is 0. The van der Waals surface area contributed by atoms with Gasteiger partial charge in [-0.1, -0.05) is 12.2 Å². The van der Waals surface area contributed by atoms with Crippen molar-refractivity contribution >= 4 is 28.9 Å². The van der Waals surface area contributed by atoms with Gasteiger partial charge in [0.25, 0.3) is 0 Å². The van der Waals surface area contributed by atoms with Crippen LogP contribution in [-0.2, 0) is 15.7 Å². The third kappa shape index (κ3) is 4.37. The Balaban J connectivity index is 2.96. The number of alkyl halides is 3. The summed E-state index contributed by atoms with van der Waals surface area (Å²) in [6, 6.07) is 3.38. The van der Waals surface area contributed by atoms with Gasteiger partial charge in [-0.3, -0.25) is 4.79 Å². The van der Waals surface area contributed by atoms with Crippen LogP contribution in [0, 0.1) is 0 Å². The quantitative estimate of drug-likeness (QED) is 0.645. The lowest BCUT2D eigenvalue weighted by molar-refractivity contribution is -0.141. The first-order chi connectivity index (χ1) is 9.25. The fourth-order valence-electron chi connectivity index (χ4n) is 1.49. The number of thiocarbonyl (C=S) groups is 1. The molecule has 1 aromatic rings. The van der Waals surface area contributed by atoms with Crippen molar-refractivity contribution in [3.8, 4) is 0 Å². The van der Waals surface area contributed by atoms with E-state index in [0.29, 0.717) is 0 Å². The number of ether oxygens (including phenoxy) is 1. The zero-order valence-electron chi connectivity index (χ0n) is 10.6. The average molecular weight is 306 g/mol. The Bertz CT molecular complexity index is 518. The summed E-state index contributed by atoms with van der Waals surface area (Å²) < 4.78 is 43.3. The monoisotopic (exact) mass is 306 g/mol. The van der Waals surface area contributed by atoms with E-state index >= 15 is 0 Å². The lowest BCUT2D eigenvalue weighted by Gasteiger charge is -2.14. The topological polar surface area (TPSA) is 64.3 Å².